The fourth-order valence-corrected chi connectivity index (χ4v) is 3.47. The number of aromatic nitrogens is 2. The van der Waals surface area contributed by atoms with Gasteiger partial charge in [-0.05, 0) is 19.1 Å². The van der Waals surface area contributed by atoms with E-state index in [1.165, 1.54) is 5.56 Å². The summed E-state index contributed by atoms with van der Waals surface area (Å²) in [5, 5.41) is 0.849. The number of rotatable bonds is 1. The summed E-state index contributed by atoms with van der Waals surface area (Å²) in [5.41, 5.74) is 6.93. The second-order valence-electron chi connectivity index (χ2n) is 6.35. The van der Waals surface area contributed by atoms with E-state index in [4.69, 9.17) is 4.98 Å². The molecule has 0 bridgehead atoms. The predicted molar refractivity (Wildman–Crippen MR) is 98.6 cm³/mol. The molecule has 0 unspecified atom stereocenters. The quantitative estimate of drug-likeness (QED) is 0.444. The van der Waals surface area contributed by atoms with Gasteiger partial charge < -0.3 is 0 Å². The van der Waals surface area contributed by atoms with E-state index in [0.29, 0.717) is 11.1 Å². The van der Waals surface area contributed by atoms with Crippen LogP contribution in [-0.2, 0) is 0 Å². The Bertz CT molecular complexity index is 1160. The van der Waals surface area contributed by atoms with Gasteiger partial charge in [0.2, 0.25) is 0 Å². The van der Waals surface area contributed by atoms with Crippen LogP contribution in [0.15, 0.2) is 66.9 Å². The number of benzene rings is 2. The first-order chi connectivity index (χ1) is 12.2. The molecule has 3 nitrogen and oxygen atoms in total. The van der Waals surface area contributed by atoms with Crippen molar-refractivity contribution in [2.75, 3.05) is 0 Å². The predicted octanol–water partition coefficient (Wildman–Crippen LogP) is 4.82. The second-order valence-corrected chi connectivity index (χ2v) is 6.35. The summed E-state index contributed by atoms with van der Waals surface area (Å²) in [7, 11) is 0. The molecule has 1 aliphatic carbocycles. The van der Waals surface area contributed by atoms with Crippen LogP contribution in [0.4, 0.5) is 0 Å². The minimum absolute atomic E-state index is 0.0388. The molecule has 4 aromatic rings. The van der Waals surface area contributed by atoms with Crippen LogP contribution in [0.3, 0.4) is 0 Å². The number of hydrogen-bond acceptors (Lipinski definition) is 3. The Morgan fingerprint density at radius 2 is 1.60 bits per heavy atom. The van der Waals surface area contributed by atoms with Crippen molar-refractivity contribution >= 4 is 16.7 Å². The molecule has 0 saturated carbocycles. The van der Waals surface area contributed by atoms with E-state index in [9.17, 15) is 4.79 Å². The van der Waals surface area contributed by atoms with Crippen LogP contribution in [0.5, 0.6) is 0 Å². The monoisotopic (exact) mass is 322 g/mol. The van der Waals surface area contributed by atoms with Crippen LogP contribution in [0.25, 0.3) is 33.4 Å². The zero-order valence-corrected chi connectivity index (χ0v) is 13.7. The maximum absolute atomic E-state index is 13.1. The molecular formula is C22H14N2O. The van der Waals surface area contributed by atoms with Crippen molar-refractivity contribution in [3.05, 3.63) is 83.6 Å². The van der Waals surface area contributed by atoms with E-state index in [1.54, 1.807) is 6.20 Å². The molecule has 5 rings (SSSR count). The summed E-state index contributed by atoms with van der Waals surface area (Å²) in [6.07, 6.45) is 1.76. The number of hydrogen-bond donors (Lipinski definition) is 0. The first-order valence-corrected chi connectivity index (χ1v) is 8.23. The van der Waals surface area contributed by atoms with Gasteiger partial charge in [-0.2, -0.15) is 0 Å². The van der Waals surface area contributed by atoms with Crippen LogP contribution < -0.4 is 0 Å². The highest BCUT2D eigenvalue weighted by Crippen LogP contribution is 2.38. The zero-order valence-electron chi connectivity index (χ0n) is 13.7. The van der Waals surface area contributed by atoms with Gasteiger partial charge in [0.15, 0.2) is 5.78 Å². The van der Waals surface area contributed by atoms with E-state index < -0.39 is 0 Å². The number of nitrogens with zero attached hydrogens (tertiary/aromatic N) is 2. The normalized spacial score (nSPS) is 12.3. The average Bonchev–Trinajstić information content (AvgIpc) is 2.66. The molecule has 118 valence electrons. The van der Waals surface area contributed by atoms with Gasteiger partial charge in [0.05, 0.1) is 16.9 Å². The molecule has 0 radical (unpaired) electrons. The highest BCUT2D eigenvalue weighted by Gasteiger charge is 2.27. The lowest BCUT2D eigenvalue weighted by Crippen LogP contribution is -2.11. The molecule has 0 atom stereocenters. The highest BCUT2D eigenvalue weighted by molar-refractivity contribution is 6.25. The Morgan fingerprint density at radius 1 is 0.840 bits per heavy atom. The zero-order chi connectivity index (χ0) is 17.0. The number of aryl methyl sites for hydroxylation is 1. The van der Waals surface area contributed by atoms with Crippen LogP contribution in [0, 0.1) is 6.92 Å². The number of pyridine rings is 2. The van der Waals surface area contributed by atoms with Crippen molar-refractivity contribution in [2.45, 2.75) is 6.92 Å². The van der Waals surface area contributed by atoms with Crippen molar-refractivity contribution in [3.8, 4) is 22.5 Å². The fraction of sp³-hybridized carbons (Fsp3) is 0.0455. The SMILES string of the molecule is Cc1ccc(-c2cc3c4c(nccc4n2)-c2ccccc2C3=O)cc1. The van der Waals surface area contributed by atoms with E-state index in [0.717, 1.165) is 33.4 Å². The van der Waals surface area contributed by atoms with Crippen LogP contribution in [0.1, 0.15) is 21.5 Å². The molecule has 0 fully saturated rings. The minimum Gasteiger partial charge on any atom is -0.289 e. The molecule has 25 heavy (non-hydrogen) atoms. The number of carbonyl (C=O) groups is 1. The summed E-state index contributed by atoms with van der Waals surface area (Å²) in [5.74, 6) is 0.0388. The maximum Gasteiger partial charge on any atom is 0.194 e. The lowest BCUT2D eigenvalue weighted by Gasteiger charge is -2.19. The van der Waals surface area contributed by atoms with Gasteiger partial charge in [0.1, 0.15) is 0 Å². The van der Waals surface area contributed by atoms with Gasteiger partial charge in [0, 0.05) is 33.8 Å². The molecule has 1 aliphatic rings. The molecule has 3 heteroatoms. The third-order valence-electron chi connectivity index (χ3n) is 4.74. The minimum atomic E-state index is 0.0388. The summed E-state index contributed by atoms with van der Waals surface area (Å²) in [4.78, 5) is 22.4. The maximum atomic E-state index is 13.1. The van der Waals surface area contributed by atoms with Crippen molar-refractivity contribution in [1.29, 1.82) is 0 Å². The Morgan fingerprint density at radius 3 is 2.40 bits per heavy atom. The smallest absolute Gasteiger partial charge is 0.194 e. The van der Waals surface area contributed by atoms with E-state index >= 15 is 0 Å². The molecule has 0 N–H and O–H groups in total. The van der Waals surface area contributed by atoms with E-state index in [-0.39, 0.29) is 5.78 Å². The first-order valence-electron chi connectivity index (χ1n) is 8.23. The molecule has 2 aromatic carbocycles. The molecule has 0 spiro atoms. The molecular weight excluding hydrogens is 308 g/mol. The van der Waals surface area contributed by atoms with Gasteiger partial charge in [-0.1, -0.05) is 54.1 Å². The van der Waals surface area contributed by atoms with Crippen LogP contribution in [0.2, 0.25) is 0 Å². The molecule has 2 aromatic heterocycles. The van der Waals surface area contributed by atoms with Crippen LogP contribution >= 0.6 is 0 Å². The standard InChI is InChI=1S/C22H14N2O/c1-13-6-8-14(9-7-13)19-12-17-20-18(24-19)10-11-23-21(20)15-4-2-3-5-16(15)22(17)25/h2-12H,1H3. The Kier molecular flexibility index (Phi) is 2.86. The van der Waals surface area contributed by atoms with Gasteiger partial charge in [-0.25, -0.2) is 4.98 Å². The van der Waals surface area contributed by atoms with Crippen LogP contribution in [-0.4, -0.2) is 15.8 Å². The molecule has 0 saturated heterocycles. The molecule has 2 heterocycles. The number of carbonyl (C=O) groups excluding carboxylic acids is 1. The van der Waals surface area contributed by atoms with Crippen molar-refractivity contribution < 1.29 is 4.79 Å². The van der Waals surface area contributed by atoms with Gasteiger partial charge >= 0.3 is 0 Å². The van der Waals surface area contributed by atoms with Crippen molar-refractivity contribution in [2.24, 2.45) is 0 Å². The third kappa shape index (κ3) is 2.02. The largest absolute Gasteiger partial charge is 0.289 e. The third-order valence-corrected chi connectivity index (χ3v) is 4.74. The Balaban J connectivity index is 1.85. The van der Waals surface area contributed by atoms with Crippen molar-refractivity contribution in [1.82, 2.24) is 9.97 Å². The summed E-state index contributed by atoms with van der Waals surface area (Å²) >= 11 is 0. The van der Waals surface area contributed by atoms with Gasteiger partial charge in [-0.15, -0.1) is 0 Å². The first kappa shape index (κ1) is 14.1. The second kappa shape index (κ2) is 5.08. The summed E-state index contributed by atoms with van der Waals surface area (Å²) < 4.78 is 0. The molecule has 0 aliphatic heterocycles. The van der Waals surface area contributed by atoms with Gasteiger partial charge in [0.25, 0.3) is 0 Å². The highest BCUT2D eigenvalue weighted by atomic mass is 16.1. The Hall–Kier alpha value is -3.33. The van der Waals surface area contributed by atoms with E-state index in [2.05, 4.69) is 24.0 Å². The molecule has 0 amide bonds. The lowest BCUT2D eigenvalue weighted by molar-refractivity contribution is 0.104. The number of fused-ring (bicyclic) bond motifs is 2. The van der Waals surface area contributed by atoms with E-state index in [1.807, 2.05) is 48.5 Å². The Labute approximate surface area is 145 Å². The topological polar surface area (TPSA) is 42.9 Å². The van der Waals surface area contributed by atoms with Crippen molar-refractivity contribution in [3.63, 3.8) is 0 Å². The number of ketones is 1. The fourth-order valence-electron chi connectivity index (χ4n) is 3.47. The summed E-state index contributed by atoms with van der Waals surface area (Å²) in [6, 6.07) is 19.6. The average molecular weight is 322 g/mol. The summed E-state index contributed by atoms with van der Waals surface area (Å²) in [6.45, 7) is 2.06. The van der Waals surface area contributed by atoms with Gasteiger partial charge in [-0.3, -0.25) is 9.78 Å². The lowest BCUT2D eigenvalue weighted by atomic mass is 9.86.